The SMILES string of the molecule is C[C@@H](N)C(=O)N1CCOC(c2ccc(F)c(F)c2)C1. The molecule has 0 spiro atoms. The highest BCUT2D eigenvalue weighted by Crippen LogP contribution is 2.24. The summed E-state index contributed by atoms with van der Waals surface area (Å²) in [6, 6.07) is 3.03. The van der Waals surface area contributed by atoms with Crippen molar-refractivity contribution in [2.24, 2.45) is 5.73 Å². The Morgan fingerprint density at radius 2 is 2.21 bits per heavy atom. The molecule has 0 radical (unpaired) electrons. The number of nitrogens with zero attached hydrogens (tertiary/aromatic N) is 1. The smallest absolute Gasteiger partial charge is 0.239 e. The first kappa shape index (κ1) is 13.9. The van der Waals surface area contributed by atoms with Gasteiger partial charge in [-0.05, 0) is 24.6 Å². The van der Waals surface area contributed by atoms with Crippen molar-refractivity contribution in [1.29, 1.82) is 0 Å². The summed E-state index contributed by atoms with van der Waals surface area (Å²) in [5, 5.41) is 0. The Morgan fingerprint density at radius 1 is 1.47 bits per heavy atom. The second-order valence-corrected chi connectivity index (χ2v) is 4.61. The number of benzene rings is 1. The molecular formula is C13H16F2N2O2. The summed E-state index contributed by atoms with van der Waals surface area (Å²) < 4.78 is 31.6. The van der Waals surface area contributed by atoms with Crippen LogP contribution >= 0.6 is 0 Å². The molecule has 1 unspecified atom stereocenters. The lowest BCUT2D eigenvalue weighted by atomic mass is 10.1. The van der Waals surface area contributed by atoms with Gasteiger partial charge in [0.1, 0.15) is 6.10 Å². The fourth-order valence-corrected chi connectivity index (χ4v) is 2.05. The monoisotopic (exact) mass is 270 g/mol. The highest BCUT2D eigenvalue weighted by Gasteiger charge is 2.27. The average molecular weight is 270 g/mol. The standard InChI is InChI=1S/C13H16F2N2O2/c1-8(16)13(18)17-4-5-19-12(7-17)9-2-3-10(14)11(15)6-9/h2-3,6,8,12H,4-5,7,16H2,1H3/t8-,12?/m1/s1. The average Bonchev–Trinajstić information content (AvgIpc) is 2.41. The van der Waals surface area contributed by atoms with Gasteiger partial charge in [0.15, 0.2) is 11.6 Å². The second-order valence-electron chi connectivity index (χ2n) is 4.61. The number of rotatable bonds is 2. The molecule has 19 heavy (non-hydrogen) atoms. The Morgan fingerprint density at radius 3 is 2.84 bits per heavy atom. The van der Waals surface area contributed by atoms with Crippen LogP contribution in [0, 0.1) is 11.6 Å². The molecule has 1 aliphatic rings. The fraction of sp³-hybridized carbons (Fsp3) is 0.462. The molecule has 1 fully saturated rings. The third kappa shape index (κ3) is 3.08. The molecule has 6 heteroatoms. The molecule has 0 saturated carbocycles. The molecule has 4 nitrogen and oxygen atoms in total. The third-order valence-corrected chi connectivity index (χ3v) is 3.08. The van der Waals surface area contributed by atoms with E-state index in [-0.39, 0.29) is 5.91 Å². The van der Waals surface area contributed by atoms with E-state index in [1.165, 1.54) is 6.07 Å². The van der Waals surface area contributed by atoms with Gasteiger partial charge in [-0.1, -0.05) is 6.07 Å². The Labute approximate surface area is 110 Å². The minimum atomic E-state index is -0.920. The number of morpholine rings is 1. The van der Waals surface area contributed by atoms with Gasteiger partial charge < -0.3 is 15.4 Å². The molecule has 2 atom stereocenters. The number of ether oxygens (including phenoxy) is 1. The molecule has 0 aliphatic carbocycles. The van der Waals surface area contributed by atoms with E-state index < -0.39 is 23.8 Å². The number of carbonyl (C=O) groups is 1. The van der Waals surface area contributed by atoms with E-state index in [0.717, 1.165) is 12.1 Å². The van der Waals surface area contributed by atoms with Crippen molar-refractivity contribution >= 4 is 5.91 Å². The van der Waals surface area contributed by atoms with Crippen molar-refractivity contribution < 1.29 is 18.3 Å². The van der Waals surface area contributed by atoms with E-state index in [1.807, 2.05) is 0 Å². The highest BCUT2D eigenvalue weighted by molar-refractivity contribution is 5.81. The number of nitrogens with two attached hydrogens (primary N) is 1. The Bertz CT molecular complexity index is 480. The van der Waals surface area contributed by atoms with E-state index in [4.69, 9.17) is 10.5 Å². The first-order valence-electron chi connectivity index (χ1n) is 6.10. The maximum atomic E-state index is 13.2. The van der Waals surface area contributed by atoms with E-state index in [0.29, 0.717) is 25.3 Å². The summed E-state index contributed by atoms with van der Waals surface area (Å²) in [5.74, 6) is -1.99. The van der Waals surface area contributed by atoms with Crippen LogP contribution in [0.1, 0.15) is 18.6 Å². The Kier molecular flexibility index (Phi) is 4.11. The highest BCUT2D eigenvalue weighted by atomic mass is 19.2. The van der Waals surface area contributed by atoms with Crippen molar-refractivity contribution in [2.75, 3.05) is 19.7 Å². The van der Waals surface area contributed by atoms with E-state index in [9.17, 15) is 13.6 Å². The summed E-state index contributed by atoms with van der Waals surface area (Å²) in [7, 11) is 0. The van der Waals surface area contributed by atoms with Crippen molar-refractivity contribution in [3.05, 3.63) is 35.4 Å². The zero-order chi connectivity index (χ0) is 14.0. The Hall–Kier alpha value is -1.53. The van der Waals surface area contributed by atoms with Gasteiger partial charge in [-0.15, -0.1) is 0 Å². The van der Waals surface area contributed by atoms with Gasteiger partial charge in [0, 0.05) is 6.54 Å². The first-order chi connectivity index (χ1) is 8.99. The molecule has 2 rings (SSSR count). The van der Waals surface area contributed by atoms with Crippen LogP contribution in [0.2, 0.25) is 0 Å². The van der Waals surface area contributed by atoms with Crippen LogP contribution < -0.4 is 5.73 Å². The largest absolute Gasteiger partial charge is 0.370 e. The molecule has 1 aromatic rings. The predicted molar refractivity (Wildman–Crippen MR) is 65.3 cm³/mol. The van der Waals surface area contributed by atoms with E-state index >= 15 is 0 Å². The van der Waals surface area contributed by atoms with Gasteiger partial charge in [-0.3, -0.25) is 4.79 Å². The Balaban J connectivity index is 2.12. The molecule has 1 heterocycles. The molecular weight excluding hydrogens is 254 g/mol. The van der Waals surface area contributed by atoms with Crippen LogP contribution in [0.4, 0.5) is 8.78 Å². The van der Waals surface area contributed by atoms with Gasteiger partial charge in [0.2, 0.25) is 5.91 Å². The lowest BCUT2D eigenvalue weighted by Crippen LogP contribution is -2.48. The van der Waals surface area contributed by atoms with E-state index in [2.05, 4.69) is 0 Å². The van der Waals surface area contributed by atoms with Crippen molar-refractivity contribution in [3.8, 4) is 0 Å². The fourth-order valence-electron chi connectivity index (χ4n) is 2.05. The van der Waals surface area contributed by atoms with Gasteiger partial charge in [-0.25, -0.2) is 8.78 Å². The molecule has 104 valence electrons. The zero-order valence-corrected chi connectivity index (χ0v) is 10.6. The van der Waals surface area contributed by atoms with Crippen LogP contribution in [0.15, 0.2) is 18.2 Å². The van der Waals surface area contributed by atoms with Gasteiger partial charge in [0.05, 0.1) is 19.2 Å². The molecule has 0 aromatic heterocycles. The van der Waals surface area contributed by atoms with Crippen molar-refractivity contribution in [2.45, 2.75) is 19.1 Å². The summed E-state index contributed by atoms with van der Waals surface area (Å²) in [6.07, 6.45) is -0.452. The quantitative estimate of drug-likeness (QED) is 0.879. The number of hydrogen-bond acceptors (Lipinski definition) is 3. The van der Waals surface area contributed by atoms with Crippen molar-refractivity contribution in [1.82, 2.24) is 4.90 Å². The summed E-state index contributed by atoms with van der Waals surface area (Å²) in [5.41, 5.74) is 6.07. The molecule has 1 aliphatic heterocycles. The number of amides is 1. The molecule has 0 bridgehead atoms. The lowest BCUT2D eigenvalue weighted by Gasteiger charge is -2.34. The van der Waals surface area contributed by atoms with Gasteiger partial charge in [0.25, 0.3) is 0 Å². The molecule has 1 aromatic carbocycles. The second kappa shape index (κ2) is 5.63. The maximum Gasteiger partial charge on any atom is 0.239 e. The third-order valence-electron chi connectivity index (χ3n) is 3.08. The summed E-state index contributed by atoms with van der Waals surface area (Å²) in [6.45, 7) is 2.72. The molecule has 1 amide bonds. The van der Waals surface area contributed by atoms with Crippen LogP contribution in [0.5, 0.6) is 0 Å². The minimum absolute atomic E-state index is 0.170. The zero-order valence-electron chi connectivity index (χ0n) is 10.6. The predicted octanol–water partition coefficient (Wildman–Crippen LogP) is 1.21. The van der Waals surface area contributed by atoms with Crippen LogP contribution in [0.25, 0.3) is 0 Å². The molecule has 2 N–H and O–H groups in total. The number of hydrogen-bond donors (Lipinski definition) is 1. The van der Waals surface area contributed by atoms with Crippen LogP contribution in [-0.4, -0.2) is 36.5 Å². The lowest BCUT2D eigenvalue weighted by molar-refractivity contribution is -0.140. The number of halogens is 2. The van der Waals surface area contributed by atoms with Gasteiger partial charge in [-0.2, -0.15) is 0 Å². The van der Waals surface area contributed by atoms with Gasteiger partial charge >= 0.3 is 0 Å². The molecule has 1 saturated heterocycles. The first-order valence-corrected chi connectivity index (χ1v) is 6.10. The summed E-state index contributed by atoms with van der Waals surface area (Å²) in [4.78, 5) is 13.4. The summed E-state index contributed by atoms with van der Waals surface area (Å²) >= 11 is 0. The van der Waals surface area contributed by atoms with E-state index in [1.54, 1.807) is 11.8 Å². The van der Waals surface area contributed by atoms with Crippen LogP contribution in [0.3, 0.4) is 0 Å². The normalized spacial score (nSPS) is 21.3. The number of carbonyl (C=O) groups excluding carboxylic acids is 1. The topological polar surface area (TPSA) is 55.6 Å². The van der Waals surface area contributed by atoms with Crippen molar-refractivity contribution in [3.63, 3.8) is 0 Å². The van der Waals surface area contributed by atoms with Crippen LogP contribution in [-0.2, 0) is 9.53 Å². The maximum absolute atomic E-state index is 13.2. The minimum Gasteiger partial charge on any atom is -0.370 e.